The number of rotatable bonds is 10. The highest BCUT2D eigenvalue weighted by Gasteiger charge is 2.31. The second-order valence-corrected chi connectivity index (χ2v) is 10.4. The maximum absolute atomic E-state index is 15.6. The minimum Gasteiger partial charge on any atom is -0.494 e. The van der Waals surface area contributed by atoms with Crippen LogP contribution < -0.4 is 10.0 Å². The number of nitrogens with zero attached hydrogens (tertiary/aromatic N) is 1. The Balaban J connectivity index is 2.58. The summed E-state index contributed by atoms with van der Waals surface area (Å²) in [6.45, 7) is 16.6. The molecule has 1 saturated heterocycles. The third-order valence-corrected chi connectivity index (χ3v) is 8.25. The topological polar surface area (TPSA) is 21.7 Å². The average Bonchev–Trinajstić information content (AvgIpc) is 2.86. The number of halogens is 2. The summed E-state index contributed by atoms with van der Waals surface area (Å²) in [6, 6.07) is 1.75. The summed E-state index contributed by atoms with van der Waals surface area (Å²) in [5.41, 5.74) is 5.29. The molecule has 1 heterocycles. The number of hydrogen-bond acceptors (Lipinski definition) is 3. The first-order valence-electron chi connectivity index (χ1n) is 12.3. The number of aryl methyl sites for hydroxylation is 1. The number of piperidine rings is 1. The standard InChI is InChI=1S/C29H42ClFNO2P/c1-9-19(3)24(26-27(31)25(33-7)17-20(4)28(26)35)18-22(10-2)23(11-14-30)21(5)32-15-12-29(6,34-8)13-16-32/h10-11,17-19H,5,9,12-16,35H2,1-4,6-8H3/b22-10-,23-11-,24-18+. The van der Waals surface area contributed by atoms with Gasteiger partial charge in [0.1, 0.15) is 0 Å². The van der Waals surface area contributed by atoms with Crippen molar-refractivity contribution in [3.8, 4) is 5.75 Å². The fraction of sp³-hybridized carbons (Fsp3) is 0.517. The molecule has 2 unspecified atom stereocenters. The van der Waals surface area contributed by atoms with Crippen molar-refractivity contribution in [2.24, 2.45) is 5.92 Å². The maximum atomic E-state index is 15.6. The molecule has 1 aliphatic heterocycles. The number of likely N-dealkylation sites (tertiary alicyclic amines) is 1. The van der Waals surface area contributed by atoms with Gasteiger partial charge in [-0.25, -0.2) is 4.39 Å². The quantitative estimate of drug-likeness (QED) is 0.185. The van der Waals surface area contributed by atoms with Crippen LogP contribution in [-0.4, -0.2) is 43.7 Å². The highest BCUT2D eigenvalue weighted by Crippen LogP contribution is 2.36. The first kappa shape index (κ1) is 29.6. The molecule has 3 nitrogen and oxygen atoms in total. The molecule has 0 N–H and O–H groups in total. The van der Waals surface area contributed by atoms with Crippen LogP contribution in [0.1, 0.15) is 58.1 Å². The van der Waals surface area contributed by atoms with E-state index in [2.05, 4.69) is 53.6 Å². The van der Waals surface area contributed by atoms with Gasteiger partial charge in [0.25, 0.3) is 0 Å². The molecule has 2 atom stereocenters. The second kappa shape index (κ2) is 13.1. The zero-order chi connectivity index (χ0) is 26.3. The SMILES string of the molecule is C=C(C(=C/CCl)/C(=C\C)/C=C(/c1c(F)c(OC)cc(C)c1P)C(C)CC)N1CCC(C)(OC)CC1. The molecule has 0 amide bonds. The van der Waals surface area contributed by atoms with Gasteiger partial charge < -0.3 is 14.4 Å². The van der Waals surface area contributed by atoms with Crippen molar-refractivity contribution in [1.82, 2.24) is 4.90 Å². The Kier molecular flexibility index (Phi) is 11.1. The molecular formula is C29H42ClFNO2P. The molecule has 194 valence electrons. The molecule has 1 aromatic rings. The van der Waals surface area contributed by atoms with Crippen LogP contribution in [0.5, 0.6) is 5.75 Å². The van der Waals surface area contributed by atoms with E-state index in [4.69, 9.17) is 21.1 Å². The zero-order valence-corrected chi connectivity index (χ0v) is 24.3. The lowest BCUT2D eigenvalue weighted by atomic mass is 9.86. The molecule has 35 heavy (non-hydrogen) atoms. The first-order valence-corrected chi connectivity index (χ1v) is 13.4. The van der Waals surface area contributed by atoms with Gasteiger partial charge >= 0.3 is 0 Å². The summed E-state index contributed by atoms with van der Waals surface area (Å²) in [5, 5.41) is 0.849. The largest absolute Gasteiger partial charge is 0.494 e. The Morgan fingerprint density at radius 1 is 1.34 bits per heavy atom. The lowest BCUT2D eigenvalue weighted by Gasteiger charge is -2.40. The van der Waals surface area contributed by atoms with E-state index in [-0.39, 0.29) is 23.1 Å². The monoisotopic (exact) mass is 521 g/mol. The first-order chi connectivity index (χ1) is 16.6. The van der Waals surface area contributed by atoms with Crippen LogP contribution in [0.25, 0.3) is 5.57 Å². The van der Waals surface area contributed by atoms with Crippen molar-refractivity contribution < 1.29 is 13.9 Å². The van der Waals surface area contributed by atoms with Crippen LogP contribution in [0, 0.1) is 18.7 Å². The number of allylic oxidation sites excluding steroid dienone is 5. The van der Waals surface area contributed by atoms with Gasteiger partial charge in [0.2, 0.25) is 0 Å². The van der Waals surface area contributed by atoms with Gasteiger partial charge in [0, 0.05) is 42.9 Å². The van der Waals surface area contributed by atoms with Gasteiger partial charge in [-0.1, -0.05) is 38.7 Å². The molecule has 1 aliphatic rings. The normalized spacial score (nSPS) is 18.0. The van der Waals surface area contributed by atoms with E-state index in [0.717, 1.165) is 65.6 Å². The number of ether oxygens (including phenoxy) is 2. The summed E-state index contributed by atoms with van der Waals surface area (Å²) in [6.07, 6.45) is 8.90. The van der Waals surface area contributed by atoms with E-state index in [1.165, 1.54) is 7.11 Å². The van der Waals surface area contributed by atoms with Crippen LogP contribution in [0.4, 0.5) is 4.39 Å². The summed E-state index contributed by atoms with van der Waals surface area (Å²) in [7, 11) is 6.01. The molecule has 0 radical (unpaired) electrons. The summed E-state index contributed by atoms with van der Waals surface area (Å²) < 4.78 is 26.7. The van der Waals surface area contributed by atoms with Crippen molar-refractivity contribution in [3.63, 3.8) is 0 Å². The van der Waals surface area contributed by atoms with Gasteiger partial charge in [0.05, 0.1) is 12.7 Å². The zero-order valence-electron chi connectivity index (χ0n) is 22.4. The van der Waals surface area contributed by atoms with Gasteiger partial charge in [-0.05, 0) is 74.0 Å². The lowest BCUT2D eigenvalue weighted by Crippen LogP contribution is -2.43. The van der Waals surface area contributed by atoms with Crippen molar-refractivity contribution in [3.05, 3.63) is 64.7 Å². The molecule has 6 heteroatoms. The van der Waals surface area contributed by atoms with E-state index in [1.807, 2.05) is 19.9 Å². The minimum atomic E-state index is -0.332. The van der Waals surface area contributed by atoms with E-state index >= 15 is 4.39 Å². The predicted molar refractivity (Wildman–Crippen MR) is 152 cm³/mol. The Bertz CT molecular complexity index is 1010. The number of benzene rings is 1. The van der Waals surface area contributed by atoms with Crippen LogP contribution >= 0.6 is 20.8 Å². The highest BCUT2D eigenvalue weighted by atomic mass is 35.5. The van der Waals surface area contributed by atoms with E-state index in [1.54, 1.807) is 13.2 Å². The summed E-state index contributed by atoms with van der Waals surface area (Å²) in [4.78, 5) is 2.30. The fourth-order valence-electron chi connectivity index (χ4n) is 4.48. The van der Waals surface area contributed by atoms with E-state index in [9.17, 15) is 0 Å². The molecule has 0 aliphatic carbocycles. The molecule has 1 fully saturated rings. The molecule has 1 aromatic carbocycles. The van der Waals surface area contributed by atoms with Crippen molar-refractivity contribution in [2.75, 3.05) is 33.2 Å². The van der Waals surface area contributed by atoms with Crippen LogP contribution in [-0.2, 0) is 4.74 Å². The third kappa shape index (κ3) is 6.79. The number of methoxy groups -OCH3 is 2. The maximum Gasteiger partial charge on any atom is 0.173 e. The van der Waals surface area contributed by atoms with E-state index in [0.29, 0.717) is 11.4 Å². The molecule has 0 saturated carbocycles. The molecule has 0 aromatic heterocycles. The van der Waals surface area contributed by atoms with Crippen LogP contribution in [0.2, 0.25) is 0 Å². The van der Waals surface area contributed by atoms with Crippen molar-refractivity contribution in [1.29, 1.82) is 0 Å². The number of alkyl halides is 1. The summed E-state index contributed by atoms with van der Waals surface area (Å²) >= 11 is 6.22. The van der Waals surface area contributed by atoms with Crippen LogP contribution in [0.3, 0.4) is 0 Å². The van der Waals surface area contributed by atoms with Gasteiger partial charge in [-0.15, -0.1) is 20.8 Å². The average molecular weight is 522 g/mol. The smallest absolute Gasteiger partial charge is 0.173 e. The molecular weight excluding hydrogens is 480 g/mol. The predicted octanol–water partition coefficient (Wildman–Crippen LogP) is 7.20. The van der Waals surface area contributed by atoms with Gasteiger partial charge in [-0.2, -0.15) is 0 Å². The molecule has 2 rings (SSSR count). The van der Waals surface area contributed by atoms with Crippen LogP contribution in [0.15, 0.2) is 47.7 Å². The number of hydrogen-bond donors (Lipinski definition) is 0. The van der Waals surface area contributed by atoms with E-state index < -0.39 is 0 Å². The Hall–Kier alpha value is -1.61. The summed E-state index contributed by atoms with van der Waals surface area (Å²) in [5.74, 6) is 0.425. The fourth-order valence-corrected chi connectivity index (χ4v) is 5.01. The Morgan fingerprint density at radius 2 is 1.97 bits per heavy atom. The lowest BCUT2D eigenvalue weighted by molar-refractivity contribution is -0.0364. The molecule has 0 spiro atoms. The highest BCUT2D eigenvalue weighted by molar-refractivity contribution is 7.27. The van der Waals surface area contributed by atoms with Gasteiger partial charge in [-0.3, -0.25) is 0 Å². The van der Waals surface area contributed by atoms with Crippen molar-refractivity contribution in [2.45, 2.75) is 59.5 Å². The second-order valence-electron chi connectivity index (χ2n) is 9.51. The minimum absolute atomic E-state index is 0.100. The third-order valence-electron chi connectivity index (χ3n) is 7.35. The Morgan fingerprint density at radius 3 is 2.46 bits per heavy atom. The van der Waals surface area contributed by atoms with Gasteiger partial charge in [0.15, 0.2) is 11.6 Å². The van der Waals surface area contributed by atoms with Crippen molar-refractivity contribution >= 4 is 31.7 Å². The Labute approximate surface area is 219 Å². The molecule has 0 bridgehead atoms.